The van der Waals surface area contributed by atoms with E-state index in [1.165, 1.54) is 27.5 Å². The Hall–Kier alpha value is -2.64. The quantitative estimate of drug-likeness (QED) is 0.516. The lowest BCUT2D eigenvalue weighted by Crippen LogP contribution is -2.30. The fraction of sp³-hybridized carbons (Fsp3) is 0.375. The number of hydrogen-bond acceptors (Lipinski definition) is 4. The molecule has 31 heavy (non-hydrogen) atoms. The number of sulfonamides is 1. The molecule has 164 valence electrons. The Morgan fingerprint density at radius 3 is 2.71 bits per heavy atom. The molecule has 1 aliphatic carbocycles. The summed E-state index contributed by atoms with van der Waals surface area (Å²) in [5.41, 5.74) is 4.12. The summed E-state index contributed by atoms with van der Waals surface area (Å²) in [6, 6.07) is 16.9. The maximum Gasteiger partial charge on any atom is 0.274 e. The van der Waals surface area contributed by atoms with Crippen molar-refractivity contribution in [1.29, 1.82) is 0 Å². The van der Waals surface area contributed by atoms with Gasteiger partial charge in [0, 0.05) is 26.0 Å². The van der Waals surface area contributed by atoms with E-state index in [-0.39, 0.29) is 18.3 Å². The fourth-order valence-electron chi connectivity index (χ4n) is 4.47. The summed E-state index contributed by atoms with van der Waals surface area (Å²) >= 11 is 0. The maximum absolute atomic E-state index is 12.3. The number of rotatable bonds is 9. The number of aryl methyl sites for hydroxylation is 1. The molecule has 0 saturated carbocycles. The molecule has 6 nitrogen and oxygen atoms in total. The Morgan fingerprint density at radius 2 is 2.00 bits per heavy atom. The zero-order chi connectivity index (χ0) is 21.8. The molecule has 1 N–H and O–H groups in total. The lowest BCUT2D eigenvalue weighted by Gasteiger charge is -2.20. The first-order valence-corrected chi connectivity index (χ1v) is 12.2. The highest BCUT2D eigenvalue weighted by atomic mass is 32.2. The van der Waals surface area contributed by atoms with Gasteiger partial charge in [-0.1, -0.05) is 49.7 Å². The van der Waals surface area contributed by atoms with Crippen molar-refractivity contribution in [2.75, 3.05) is 13.2 Å². The monoisotopic (exact) mass is 439 g/mol. The molecule has 2 unspecified atom stereocenters. The van der Waals surface area contributed by atoms with E-state index >= 15 is 0 Å². The summed E-state index contributed by atoms with van der Waals surface area (Å²) in [6.07, 6.45) is 6.35. The lowest BCUT2D eigenvalue weighted by atomic mass is 9.85. The first-order chi connectivity index (χ1) is 15.0. The standard InChI is InChI=1S/C24H29N3O3S/c1-3-19-16-20-9-10-21(17-23(20)22(19)15-18-7-5-4-6-8-18)30-14-12-26-31(28,29)24-25-11-13-27(24)2/h4-11,13,17,19,22,26H,3,12,14-16H2,1-2H3. The van der Waals surface area contributed by atoms with Gasteiger partial charge in [-0.25, -0.2) is 18.1 Å². The Morgan fingerprint density at radius 1 is 1.19 bits per heavy atom. The molecule has 2 aromatic carbocycles. The van der Waals surface area contributed by atoms with Crippen molar-refractivity contribution in [1.82, 2.24) is 14.3 Å². The van der Waals surface area contributed by atoms with E-state index in [2.05, 4.69) is 59.1 Å². The largest absolute Gasteiger partial charge is 0.492 e. The predicted octanol–water partition coefficient (Wildman–Crippen LogP) is 3.69. The predicted molar refractivity (Wildman–Crippen MR) is 121 cm³/mol. The van der Waals surface area contributed by atoms with E-state index in [9.17, 15) is 8.42 Å². The topological polar surface area (TPSA) is 73.2 Å². The van der Waals surface area contributed by atoms with Crippen LogP contribution in [0.25, 0.3) is 0 Å². The van der Waals surface area contributed by atoms with Crippen LogP contribution in [0.5, 0.6) is 5.75 Å². The van der Waals surface area contributed by atoms with Gasteiger partial charge in [0.2, 0.25) is 5.16 Å². The number of hydrogen-bond donors (Lipinski definition) is 1. The van der Waals surface area contributed by atoms with Crippen LogP contribution in [0.4, 0.5) is 0 Å². The zero-order valence-electron chi connectivity index (χ0n) is 18.0. The van der Waals surface area contributed by atoms with Gasteiger partial charge in [-0.3, -0.25) is 0 Å². The van der Waals surface area contributed by atoms with Gasteiger partial charge in [-0.05, 0) is 53.5 Å². The Labute approximate surface area is 184 Å². The van der Waals surface area contributed by atoms with Crippen molar-refractivity contribution in [2.45, 2.75) is 37.3 Å². The summed E-state index contributed by atoms with van der Waals surface area (Å²) in [6.45, 7) is 2.69. The van der Waals surface area contributed by atoms with Crippen LogP contribution in [0.1, 0.15) is 36.0 Å². The minimum atomic E-state index is -3.64. The molecule has 0 aliphatic heterocycles. The molecule has 0 bridgehead atoms. The molecule has 0 spiro atoms. The van der Waals surface area contributed by atoms with Crippen molar-refractivity contribution >= 4 is 10.0 Å². The number of nitrogens with zero attached hydrogens (tertiary/aromatic N) is 2. The molecule has 0 saturated heterocycles. The smallest absolute Gasteiger partial charge is 0.274 e. The van der Waals surface area contributed by atoms with E-state index in [4.69, 9.17) is 4.74 Å². The Kier molecular flexibility index (Phi) is 6.43. The lowest BCUT2D eigenvalue weighted by molar-refractivity contribution is 0.322. The highest BCUT2D eigenvalue weighted by molar-refractivity contribution is 7.89. The number of nitrogens with one attached hydrogen (secondary N) is 1. The minimum Gasteiger partial charge on any atom is -0.492 e. The van der Waals surface area contributed by atoms with Crippen LogP contribution in [0.15, 0.2) is 66.1 Å². The van der Waals surface area contributed by atoms with Gasteiger partial charge in [-0.2, -0.15) is 0 Å². The molecule has 1 aliphatic rings. The van der Waals surface area contributed by atoms with E-state index in [1.807, 2.05) is 6.07 Å². The fourth-order valence-corrected chi connectivity index (χ4v) is 5.59. The average Bonchev–Trinajstić information content (AvgIpc) is 3.36. The number of aromatic nitrogens is 2. The molecule has 0 radical (unpaired) electrons. The Bertz CT molecular complexity index is 1130. The summed E-state index contributed by atoms with van der Waals surface area (Å²) < 4.78 is 34.5. The zero-order valence-corrected chi connectivity index (χ0v) is 18.8. The third kappa shape index (κ3) is 4.83. The summed E-state index contributed by atoms with van der Waals surface area (Å²) in [5.74, 6) is 1.90. The van der Waals surface area contributed by atoms with Crippen LogP contribution < -0.4 is 9.46 Å². The molecule has 4 rings (SSSR count). The number of benzene rings is 2. The third-order valence-corrected chi connectivity index (χ3v) is 7.53. The molecule has 2 atom stereocenters. The Balaban J connectivity index is 1.40. The van der Waals surface area contributed by atoms with Gasteiger partial charge in [0.15, 0.2) is 0 Å². The van der Waals surface area contributed by atoms with E-state index in [0.29, 0.717) is 11.8 Å². The van der Waals surface area contributed by atoms with E-state index < -0.39 is 10.0 Å². The molecule has 7 heteroatoms. The van der Waals surface area contributed by atoms with Crippen LogP contribution in [0, 0.1) is 5.92 Å². The molecular formula is C24H29N3O3S. The van der Waals surface area contributed by atoms with Crippen LogP contribution in [-0.4, -0.2) is 31.1 Å². The van der Waals surface area contributed by atoms with Gasteiger partial charge in [0.05, 0.1) is 0 Å². The molecule has 0 amide bonds. The molecule has 0 fully saturated rings. The highest BCUT2D eigenvalue weighted by Crippen LogP contribution is 2.43. The van der Waals surface area contributed by atoms with Gasteiger partial charge >= 0.3 is 0 Å². The van der Waals surface area contributed by atoms with Crippen LogP contribution >= 0.6 is 0 Å². The van der Waals surface area contributed by atoms with Gasteiger partial charge in [0.1, 0.15) is 12.4 Å². The SMILES string of the molecule is CCC1Cc2ccc(OCCNS(=O)(=O)c3nccn3C)cc2C1Cc1ccccc1. The van der Waals surface area contributed by atoms with Crippen LogP contribution in [-0.2, 0) is 29.9 Å². The third-order valence-electron chi connectivity index (χ3n) is 6.07. The summed E-state index contributed by atoms with van der Waals surface area (Å²) in [4.78, 5) is 3.89. The van der Waals surface area contributed by atoms with Crippen LogP contribution in [0.2, 0.25) is 0 Å². The van der Waals surface area contributed by atoms with Gasteiger partial charge in [-0.15, -0.1) is 0 Å². The highest BCUT2D eigenvalue weighted by Gasteiger charge is 2.31. The summed E-state index contributed by atoms with van der Waals surface area (Å²) in [7, 11) is -1.99. The average molecular weight is 440 g/mol. The first kappa shape index (κ1) is 21.6. The van der Waals surface area contributed by atoms with Crippen molar-refractivity contribution in [3.8, 4) is 5.75 Å². The molecular weight excluding hydrogens is 410 g/mol. The van der Waals surface area contributed by atoms with E-state index in [0.717, 1.165) is 25.0 Å². The molecule has 1 aromatic heterocycles. The normalized spacial score (nSPS) is 18.1. The summed E-state index contributed by atoms with van der Waals surface area (Å²) in [5, 5.41) is -0.000563. The number of ether oxygens (including phenoxy) is 1. The maximum atomic E-state index is 12.3. The van der Waals surface area contributed by atoms with Gasteiger partial charge in [0.25, 0.3) is 10.0 Å². The second kappa shape index (κ2) is 9.24. The van der Waals surface area contributed by atoms with Crippen molar-refractivity contribution in [3.05, 3.63) is 77.6 Å². The van der Waals surface area contributed by atoms with Crippen molar-refractivity contribution in [3.63, 3.8) is 0 Å². The first-order valence-electron chi connectivity index (χ1n) is 10.7. The number of fused-ring (bicyclic) bond motifs is 1. The second-order valence-corrected chi connectivity index (χ2v) is 9.76. The molecule has 1 heterocycles. The molecule has 3 aromatic rings. The van der Waals surface area contributed by atoms with Gasteiger partial charge < -0.3 is 9.30 Å². The van der Waals surface area contributed by atoms with E-state index in [1.54, 1.807) is 13.2 Å². The number of imidazole rings is 1. The van der Waals surface area contributed by atoms with Crippen molar-refractivity contribution in [2.24, 2.45) is 13.0 Å². The van der Waals surface area contributed by atoms with Crippen molar-refractivity contribution < 1.29 is 13.2 Å². The second-order valence-electron chi connectivity index (χ2n) is 8.10. The van der Waals surface area contributed by atoms with Crippen LogP contribution in [0.3, 0.4) is 0 Å². The minimum absolute atomic E-state index is 0.000563.